The van der Waals surface area contributed by atoms with E-state index in [4.69, 9.17) is 4.98 Å². The minimum absolute atomic E-state index is 0.656. The highest BCUT2D eigenvalue weighted by Gasteiger charge is 2.29. The van der Waals surface area contributed by atoms with Crippen molar-refractivity contribution < 1.29 is 0 Å². The summed E-state index contributed by atoms with van der Waals surface area (Å²) in [6.07, 6.45) is 6.28. The molecule has 3 heterocycles. The van der Waals surface area contributed by atoms with Gasteiger partial charge in [0, 0.05) is 62.6 Å². The maximum atomic E-state index is 4.71. The highest BCUT2D eigenvalue weighted by Crippen LogP contribution is 2.39. The van der Waals surface area contributed by atoms with E-state index in [1.54, 1.807) is 11.5 Å². The molecule has 0 aromatic carbocycles. The highest BCUT2D eigenvalue weighted by atomic mass is 32.1. The van der Waals surface area contributed by atoms with Crippen molar-refractivity contribution in [3.63, 3.8) is 0 Å². The standard InChI is InChI=1S/C15H19N5S/c1-2-13(1)14-17-15(21-18-14)20-9-7-19(8-10-20)11-12-3-5-16-6-4-12/h3-6,13H,1-2,7-11H2. The van der Waals surface area contributed by atoms with Crippen LogP contribution in [0.4, 0.5) is 5.13 Å². The van der Waals surface area contributed by atoms with Crippen molar-refractivity contribution in [3.8, 4) is 0 Å². The molecule has 1 aliphatic heterocycles. The number of nitrogens with zero attached hydrogens (tertiary/aromatic N) is 5. The second-order valence-corrected chi connectivity index (χ2v) is 6.56. The molecular formula is C15H19N5S. The molecule has 1 saturated heterocycles. The lowest BCUT2D eigenvalue weighted by Crippen LogP contribution is -2.45. The Labute approximate surface area is 128 Å². The summed E-state index contributed by atoms with van der Waals surface area (Å²) in [6, 6.07) is 4.19. The molecular weight excluding hydrogens is 282 g/mol. The number of hydrogen-bond donors (Lipinski definition) is 0. The number of pyridine rings is 1. The van der Waals surface area contributed by atoms with Crippen molar-refractivity contribution >= 4 is 16.7 Å². The van der Waals surface area contributed by atoms with Gasteiger partial charge in [-0.25, -0.2) is 4.98 Å². The van der Waals surface area contributed by atoms with Gasteiger partial charge in [0.2, 0.25) is 5.13 Å². The van der Waals surface area contributed by atoms with Crippen LogP contribution >= 0.6 is 11.5 Å². The summed E-state index contributed by atoms with van der Waals surface area (Å²) in [5, 5.41) is 1.11. The number of rotatable bonds is 4. The Morgan fingerprint density at radius 2 is 1.86 bits per heavy atom. The molecule has 5 nitrogen and oxygen atoms in total. The lowest BCUT2D eigenvalue weighted by Gasteiger charge is -2.34. The van der Waals surface area contributed by atoms with Crippen molar-refractivity contribution in [3.05, 3.63) is 35.9 Å². The third-order valence-electron chi connectivity index (χ3n) is 4.17. The molecule has 0 amide bonds. The third-order valence-corrected chi connectivity index (χ3v) is 4.96. The van der Waals surface area contributed by atoms with Crippen LogP contribution in [0.1, 0.15) is 30.1 Å². The molecule has 0 N–H and O–H groups in total. The smallest absolute Gasteiger partial charge is 0.205 e. The molecule has 2 fully saturated rings. The number of hydrogen-bond acceptors (Lipinski definition) is 6. The van der Waals surface area contributed by atoms with E-state index < -0.39 is 0 Å². The molecule has 110 valence electrons. The average Bonchev–Trinajstić information content (AvgIpc) is 3.27. The third kappa shape index (κ3) is 3.06. The average molecular weight is 301 g/mol. The number of anilines is 1. The van der Waals surface area contributed by atoms with Crippen LogP contribution in [0.2, 0.25) is 0 Å². The van der Waals surface area contributed by atoms with Crippen molar-refractivity contribution in [2.75, 3.05) is 31.1 Å². The van der Waals surface area contributed by atoms with Crippen molar-refractivity contribution in [2.45, 2.75) is 25.3 Å². The van der Waals surface area contributed by atoms with Crippen LogP contribution in [-0.2, 0) is 6.54 Å². The molecule has 2 aromatic rings. The Morgan fingerprint density at radius 1 is 1.10 bits per heavy atom. The zero-order valence-electron chi connectivity index (χ0n) is 12.0. The number of piperazine rings is 1. The second kappa shape index (κ2) is 5.69. The summed E-state index contributed by atoms with van der Waals surface area (Å²) in [6.45, 7) is 5.27. The monoisotopic (exact) mass is 301 g/mol. The van der Waals surface area contributed by atoms with Crippen LogP contribution in [0.5, 0.6) is 0 Å². The van der Waals surface area contributed by atoms with Crippen LogP contribution < -0.4 is 4.90 Å². The first kappa shape index (κ1) is 13.2. The molecule has 0 atom stereocenters. The second-order valence-electron chi connectivity index (χ2n) is 5.83. The maximum absolute atomic E-state index is 4.71. The van der Waals surface area contributed by atoms with Gasteiger partial charge in [-0.05, 0) is 30.5 Å². The Balaban J connectivity index is 1.33. The Bertz CT molecular complexity index is 587. The van der Waals surface area contributed by atoms with Gasteiger partial charge in [-0.2, -0.15) is 4.37 Å². The quantitative estimate of drug-likeness (QED) is 0.865. The molecule has 21 heavy (non-hydrogen) atoms. The normalized spacial score (nSPS) is 19.9. The van der Waals surface area contributed by atoms with Crippen LogP contribution in [-0.4, -0.2) is 45.4 Å². The van der Waals surface area contributed by atoms with Gasteiger partial charge in [0.1, 0.15) is 5.82 Å². The van der Waals surface area contributed by atoms with Gasteiger partial charge in [-0.3, -0.25) is 9.88 Å². The van der Waals surface area contributed by atoms with E-state index in [1.807, 2.05) is 12.4 Å². The predicted molar refractivity (Wildman–Crippen MR) is 83.6 cm³/mol. The molecule has 2 aromatic heterocycles. The minimum Gasteiger partial charge on any atom is -0.344 e. The molecule has 1 saturated carbocycles. The zero-order chi connectivity index (χ0) is 14.1. The largest absolute Gasteiger partial charge is 0.344 e. The van der Waals surface area contributed by atoms with Crippen molar-refractivity contribution in [1.29, 1.82) is 0 Å². The molecule has 1 aliphatic carbocycles. The van der Waals surface area contributed by atoms with E-state index in [1.165, 1.54) is 18.4 Å². The fourth-order valence-corrected chi connectivity index (χ4v) is 3.50. The summed E-state index contributed by atoms with van der Waals surface area (Å²) in [4.78, 5) is 13.7. The number of aromatic nitrogens is 3. The first-order valence-corrected chi connectivity index (χ1v) is 8.35. The first-order valence-electron chi connectivity index (χ1n) is 7.58. The van der Waals surface area contributed by atoms with E-state index in [0.29, 0.717) is 5.92 Å². The van der Waals surface area contributed by atoms with E-state index in [2.05, 4.69) is 31.3 Å². The van der Waals surface area contributed by atoms with Gasteiger partial charge in [0.15, 0.2) is 0 Å². The molecule has 0 unspecified atom stereocenters. The van der Waals surface area contributed by atoms with Crippen molar-refractivity contribution in [2.24, 2.45) is 0 Å². The van der Waals surface area contributed by atoms with E-state index >= 15 is 0 Å². The molecule has 0 bridgehead atoms. The molecule has 4 rings (SSSR count). The lowest BCUT2D eigenvalue weighted by atomic mass is 10.2. The topological polar surface area (TPSA) is 45.2 Å². The van der Waals surface area contributed by atoms with Crippen LogP contribution in [0.15, 0.2) is 24.5 Å². The van der Waals surface area contributed by atoms with Gasteiger partial charge in [0.25, 0.3) is 0 Å². The summed E-state index contributed by atoms with van der Waals surface area (Å²) >= 11 is 1.57. The Kier molecular flexibility index (Phi) is 3.57. The zero-order valence-corrected chi connectivity index (χ0v) is 12.8. The first-order chi connectivity index (χ1) is 10.4. The minimum atomic E-state index is 0.656. The van der Waals surface area contributed by atoms with Gasteiger partial charge in [0.05, 0.1) is 0 Å². The Hall–Kier alpha value is -1.53. The SMILES string of the molecule is c1cc(CN2CCN(c3nc(C4CC4)ns3)CC2)ccn1. The summed E-state index contributed by atoms with van der Waals surface area (Å²) in [5.41, 5.74) is 1.34. The van der Waals surface area contributed by atoms with Crippen LogP contribution in [0.3, 0.4) is 0 Å². The predicted octanol–water partition coefficient (Wildman–Crippen LogP) is 2.13. The van der Waals surface area contributed by atoms with Gasteiger partial charge >= 0.3 is 0 Å². The Morgan fingerprint density at radius 3 is 2.57 bits per heavy atom. The van der Waals surface area contributed by atoms with Gasteiger partial charge in [-0.15, -0.1) is 0 Å². The van der Waals surface area contributed by atoms with Crippen LogP contribution in [0.25, 0.3) is 0 Å². The summed E-state index contributed by atoms with van der Waals surface area (Å²) in [7, 11) is 0. The maximum Gasteiger partial charge on any atom is 0.205 e. The molecule has 0 radical (unpaired) electrons. The summed E-state index contributed by atoms with van der Waals surface area (Å²) < 4.78 is 4.51. The molecule has 6 heteroatoms. The van der Waals surface area contributed by atoms with E-state index in [-0.39, 0.29) is 0 Å². The van der Waals surface area contributed by atoms with Crippen LogP contribution in [0, 0.1) is 0 Å². The molecule has 0 spiro atoms. The fourth-order valence-electron chi connectivity index (χ4n) is 2.71. The van der Waals surface area contributed by atoms with E-state index in [9.17, 15) is 0 Å². The fraction of sp³-hybridized carbons (Fsp3) is 0.533. The van der Waals surface area contributed by atoms with Gasteiger partial charge in [-0.1, -0.05) is 0 Å². The highest BCUT2D eigenvalue weighted by molar-refractivity contribution is 7.09. The van der Waals surface area contributed by atoms with Crippen molar-refractivity contribution in [1.82, 2.24) is 19.2 Å². The summed E-state index contributed by atoms with van der Waals surface area (Å²) in [5.74, 6) is 1.73. The molecule has 2 aliphatic rings. The lowest BCUT2D eigenvalue weighted by molar-refractivity contribution is 0.249. The van der Waals surface area contributed by atoms with E-state index in [0.717, 1.165) is 43.7 Å². The van der Waals surface area contributed by atoms with Gasteiger partial charge < -0.3 is 4.90 Å².